The van der Waals surface area contributed by atoms with Gasteiger partial charge in [-0.3, -0.25) is 14.3 Å². The standard InChI is InChI=1S/C34H40FN5O4S/c1-6-11-44-29-13-25(12-27(35)14-29)26-16-37-40(17-26)31(20(2)3)34(43)39-18-28(41)15-30(39)33(42)38-21(4)23-7-9-24(10-8-23)32-22(5)36-19-45-32/h7-10,12-14,16-17,19-21,28,30-31,41H,6,11,15,18H2,1-5H3,(H,38,42)/t21-,28+,30-,31?/m0/s1. The van der Waals surface area contributed by atoms with Crippen molar-refractivity contribution in [2.75, 3.05) is 13.2 Å². The number of hydrogen-bond donors (Lipinski definition) is 2. The Hall–Kier alpha value is -4.09. The third-order valence-corrected chi connectivity index (χ3v) is 9.07. The molecule has 9 nitrogen and oxygen atoms in total. The van der Waals surface area contributed by atoms with Crippen molar-refractivity contribution in [1.82, 2.24) is 25.0 Å². The normalized spacial score (nSPS) is 17.8. The van der Waals surface area contributed by atoms with Gasteiger partial charge in [0, 0.05) is 30.8 Å². The van der Waals surface area contributed by atoms with Crippen LogP contribution in [0, 0.1) is 18.7 Å². The zero-order chi connectivity index (χ0) is 32.2. The van der Waals surface area contributed by atoms with Crippen LogP contribution in [0.25, 0.3) is 21.6 Å². The highest BCUT2D eigenvalue weighted by atomic mass is 32.1. The van der Waals surface area contributed by atoms with Gasteiger partial charge < -0.3 is 20.1 Å². The highest BCUT2D eigenvalue weighted by Gasteiger charge is 2.42. The summed E-state index contributed by atoms with van der Waals surface area (Å²) in [6.45, 7) is 10.2. The van der Waals surface area contributed by atoms with E-state index in [0.717, 1.165) is 28.1 Å². The van der Waals surface area contributed by atoms with Crippen LogP contribution in [0.3, 0.4) is 0 Å². The fourth-order valence-corrected chi connectivity index (χ4v) is 6.56. The van der Waals surface area contributed by atoms with E-state index in [1.54, 1.807) is 34.5 Å². The van der Waals surface area contributed by atoms with Crippen molar-refractivity contribution in [3.05, 3.63) is 77.4 Å². The number of rotatable bonds is 11. The number of carbonyl (C=O) groups is 2. The summed E-state index contributed by atoms with van der Waals surface area (Å²) in [6, 6.07) is 10.6. The SMILES string of the molecule is CCCOc1cc(F)cc(-c2cnn(C(C(=O)N3C[C@H](O)C[C@H]3C(=O)N[C@@H](C)c3ccc(-c4scnc4C)cc3)C(C)C)c2)c1. The van der Waals surface area contributed by atoms with Gasteiger partial charge in [-0.25, -0.2) is 9.37 Å². The molecule has 2 N–H and O–H groups in total. The molecule has 1 aliphatic heterocycles. The molecule has 4 atom stereocenters. The summed E-state index contributed by atoms with van der Waals surface area (Å²) < 4.78 is 21.6. The van der Waals surface area contributed by atoms with E-state index >= 15 is 0 Å². The Kier molecular flexibility index (Phi) is 9.99. The van der Waals surface area contributed by atoms with Gasteiger partial charge in [-0.1, -0.05) is 45.0 Å². The maximum atomic E-state index is 14.4. The lowest BCUT2D eigenvalue weighted by atomic mass is 10.0. The molecule has 0 radical (unpaired) electrons. The number of β-amino-alcohol motifs (C(OH)–C–C–N with tert-alkyl or cyclic N) is 1. The largest absolute Gasteiger partial charge is 0.493 e. The van der Waals surface area contributed by atoms with E-state index in [0.29, 0.717) is 23.5 Å². The summed E-state index contributed by atoms with van der Waals surface area (Å²) in [5, 5.41) is 18.1. The maximum absolute atomic E-state index is 14.4. The lowest BCUT2D eigenvalue weighted by Crippen LogP contribution is -2.49. The lowest BCUT2D eigenvalue weighted by Gasteiger charge is -2.30. The van der Waals surface area contributed by atoms with Crippen LogP contribution in [0.1, 0.15) is 63.9 Å². The molecule has 1 fully saturated rings. The predicted octanol–water partition coefficient (Wildman–Crippen LogP) is 5.95. The summed E-state index contributed by atoms with van der Waals surface area (Å²) >= 11 is 1.59. The van der Waals surface area contributed by atoms with Gasteiger partial charge in [-0.2, -0.15) is 5.10 Å². The Morgan fingerprint density at radius 3 is 2.56 bits per heavy atom. The number of aryl methyl sites for hydroxylation is 1. The smallest absolute Gasteiger partial charge is 0.248 e. The minimum Gasteiger partial charge on any atom is -0.493 e. The summed E-state index contributed by atoms with van der Waals surface area (Å²) in [4.78, 5) is 34.5. The molecule has 0 aliphatic carbocycles. The maximum Gasteiger partial charge on any atom is 0.248 e. The second-order valence-electron chi connectivity index (χ2n) is 11.9. The van der Waals surface area contributed by atoms with Gasteiger partial charge >= 0.3 is 0 Å². The zero-order valence-corrected chi connectivity index (χ0v) is 27.1. The first-order chi connectivity index (χ1) is 21.5. The van der Waals surface area contributed by atoms with Crippen LogP contribution in [0.4, 0.5) is 4.39 Å². The molecule has 4 aromatic rings. The van der Waals surface area contributed by atoms with Crippen LogP contribution in [0.15, 0.2) is 60.4 Å². The summed E-state index contributed by atoms with van der Waals surface area (Å²) in [5.41, 5.74) is 6.01. The van der Waals surface area contributed by atoms with Crippen molar-refractivity contribution in [2.24, 2.45) is 5.92 Å². The molecule has 3 heterocycles. The number of aliphatic hydroxyl groups is 1. The zero-order valence-electron chi connectivity index (χ0n) is 26.2. The molecule has 2 aromatic heterocycles. The molecule has 1 aliphatic rings. The minimum atomic E-state index is -0.827. The van der Waals surface area contributed by atoms with Gasteiger partial charge in [-0.15, -0.1) is 11.3 Å². The number of aromatic nitrogens is 3. The average molecular weight is 634 g/mol. The Bertz CT molecular complexity index is 1640. The van der Waals surface area contributed by atoms with Gasteiger partial charge in [0.25, 0.3) is 0 Å². The molecular formula is C34H40FN5O4S. The van der Waals surface area contributed by atoms with Crippen LogP contribution in [-0.4, -0.2) is 61.9 Å². The number of thiazole rings is 1. The summed E-state index contributed by atoms with van der Waals surface area (Å²) in [5.74, 6) is -0.807. The van der Waals surface area contributed by atoms with Crippen LogP contribution < -0.4 is 10.1 Å². The number of nitrogens with zero attached hydrogens (tertiary/aromatic N) is 4. The molecule has 0 spiro atoms. The Balaban J connectivity index is 1.31. The number of carbonyl (C=O) groups excluding carboxylic acids is 2. The molecule has 5 rings (SSSR count). The van der Waals surface area contributed by atoms with Crippen LogP contribution in [0.5, 0.6) is 5.75 Å². The van der Waals surface area contributed by atoms with Crippen molar-refractivity contribution in [3.63, 3.8) is 0 Å². The van der Waals surface area contributed by atoms with E-state index in [4.69, 9.17) is 4.74 Å². The highest BCUT2D eigenvalue weighted by molar-refractivity contribution is 7.13. The van der Waals surface area contributed by atoms with E-state index in [-0.39, 0.29) is 36.7 Å². The molecule has 11 heteroatoms. The number of hydrogen-bond acceptors (Lipinski definition) is 7. The molecule has 1 unspecified atom stereocenters. The Labute approximate surface area is 267 Å². The number of aliphatic hydroxyl groups excluding tert-OH is 1. The molecule has 1 saturated heterocycles. The van der Waals surface area contributed by atoms with Crippen LogP contribution in [-0.2, 0) is 9.59 Å². The monoisotopic (exact) mass is 633 g/mol. The quantitative estimate of drug-likeness (QED) is 0.211. The van der Waals surface area contributed by atoms with E-state index in [9.17, 15) is 19.1 Å². The van der Waals surface area contributed by atoms with Crippen molar-refractivity contribution in [2.45, 2.75) is 71.7 Å². The summed E-state index contributed by atoms with van der Waals surface area (Å²) in [6.07, 6.45) is 3.42. The molecule has 2 amide bonds. The van der Waals surface area contributed by atoms with Gasteiger partial charge in [0.15, 0.2) is 0 Å². The number of halogens is 1. The van der Waals surface area contributed by atoms with Gasteiger partial charge in [0.05, 0.1) is 41.0 Å². The third kappa shape index (κ3) is 7.26. The molecule has 0 saturated carbocycles. The first-order valence-electron chi connectivity index (χ1n) is 15.3. The second kappa shape index (κ2) is 13.9. The number of nitrogens with one attached hydrogen (secondary N) is 1. The first kappa shape index (κ1) is 32.3. The highest BCUT2D eigenvalue weighted by Crippen LogP contribution is 2.31. The van der Waals surface area contributed by atoms with E-state index in [1.165, 1.54) is 17.0 Å². The predicted molar refractivity (Wildman–Crippen MR) is 172 cm³/mol. The molecule has 0 bridgehead atoms. The first-order valence-corrected chi connectivity index (χ1v) is 16.2. The Morgan fingerprint density at radius 2 is 1.89 bits per heavy atom. The van der Waals surface area contributed by atoms with E-state index in [2.05, 4.69) is 15.4 Å². The van der Waals surface area contributed by atoms with Crippen LogP contribution >= 0.6 is 11.3 Å². The number of benzene rings is 2. The lowest BCUT2D eigenvalue weighted by molar-refractivity contribution is -0.142. The summed E-state index contributed by atoms with van der Waals surface area (Å²) in [7, 11) is 0. The number of likely N-dealkylation sites (tertiary alicyclic amines) is 1. The molecular weight excluding hydrogens is 593 g/mol. The molecule has 45 heavy (non-hydrogen) atoms. The van der Waals surface area contributed by atoms with Crippen molar-refractivity contribution in [1.29, 1.82) is 0 Å². The van der Waals surface area contributed by atoms with Crippen molar-refractivity contribution in [3.8, 4) is 27.3 Å². The van der Waals surface area contributed by atoms with Gasteiger partial charge in [0.1, 0.15) is 23.7 Å². The fourth-order valence-electron chi connectivity index (χ4n) is 5.75. The van der Waals surface area contributed by atoms with Gasteiger partial charge in [0.2, 0.25) is 11.8 Å². The number of ether oxygens (including phenoxy) is 1. The van der Waals surface area contributed by atoms with Crippen molar-refractivity contribution < 1.29 is 23.8 Å². The van der Waals surface area contributed by atoms with Crippen molar-refractivity contribution >= 4 is 23.2 Å². The van der Waals surface area contributed by atoms with Crippen LogP contribution in [0.2, 0.25) is 0 Å². The van der Waals surface area contributed by atoms with E-state index in [1.807, 2.05) is 64.4 Å². The third-order valence-electron chi connectivity index (χ3n) is 8.09. The topological polar surface area (TPSA) is 110 Å². The minimum absolute atomic E-state index is 0.0492. The molecule has 2 aromatic carbocycles. The second-order valence-corrected chi connectivity index (χ2v) is 12.8. The number of amides is 2. The average Bonchev–Trinajstić information content (AvgIpc) is 3.76. The Morgan fingerprint density at radius 1 is 1.13 bits per heavy atom. The molecule has 238 valence electrons. The fraction of sp³-hybridized carbons (Fsp3) is 0.412. The van der Waals surface area contributed by atoms with E-state index < -0.39 is 24.0 Å². The van der Waals surface area contributed by atoms with Gasteiger partial charge in [-0.05, 0) is 55.0 Å².